The molecule has 8 nitrogen and oxygen atoms in total. The summed E-state index contributed by atoms with van der Waals surface area (Å²) in [5, 5.41) is 20.6. The number of aromatic nitrogens is 3. The Balaban J connectivity index is 1.59. The second-order valence-electron chi connectivity index (χ2n) is 6.62. The first-order chi connectivity index (χ1) is 15.0. The predicted molar refractivity (Wildman–Crippen MR) is 118 cm³/mol. The number of allylic oxidation sites excluding steroid dienone is 1. The Bertz CT molecular complexity index is 1080. The van der Waals surface area contributed by atoms with Gasteiger partial charge in [-0.25, -0.2) is 4.79 Å². The number of hydrogen-bond acceptors (Lipinski definition) is 6. The maximum absolute atomic E-state index is 12.3. The number of carboxylic acid groups (broad SMARTS) is 1. The van der Waals surface area contributed by atoms with Crippen molar-refractivity contribution in [1.82, 2.24) is 14.8 Å². The van der Waals surface area contributed by atoms with Crippen LogP contribution >= 0.6 is 11.8 Å². The molecule has 3 rings (SSSR count). The number of carbonyl (C=O) groups excluding carboxylic acids is 1. The van der Waals surface area contributed by atoms with Crippen LogP contribution in [-0.2, 0) is 17.9 Å². The van der Waals surface area contributed by atoms with Gasteiger partial charge in [-0.2, -0.15) is 0 Å². The van der Waals surface area contributed by atoms with Crippen LogP contribution < -0.4 is 10.1 Å². The van der Waals surface area contributed by atoms with Crippen LogP contribution in [-0.4, -0.2) is 37.5 Å². The van der Waals surface area contributed by atoms with Crippen molar-refractivity contribution in [3.05, 3.63) is 78.1 Å². The minimum atomic E-state index is -1.02. The lowest BCUT2D eigenvalue weighted by Crippen LogP contribution is -2.15. The number of carbonyl (C=O) groups is 2. The van der Waals surface area contributed by atoms with Crippen LogP contribution in [0.3, 0.4) is 0 Å². The molecule has 1 aromatic heterocycles. The van der Waals surface area contributed by atoms with Crippen LogP contribution in [0.15, 0.2) is 66.3 Å². The molecule has 0 bridgehead atoms. The van der Waals surface area contributed by atoms with E-state index in [1.165, 1.54) is 23.9 Å². The molecule has 2 aromatic carbocycles. The third-order valence-corrected chi connectivity index (χ3v) is 5.18. The molecule has 9 heteroatoms. The van der Waals surface area contributed by atoms with Crippen molar-refractivity contribution in [3.8, 4) is 5.75 Å². The van der Waals surface area contributed by atoms with E-state index in [1.54, 1.807) is 18.2 Å². The highest BCUT2D eigenvalue weighted by molar-refractivity contribution is 7.99. The van der Waals surface area contributed by atoms with Gasteiger partial charge in [-0.05, 0) is 48.9 Å². The summed E-state index contributed by atoms with van der Waals surface area (Å²) >= 11 is 1.25. The number of amides is 1. The van der Waals surface area contributed by atoms with Crippen LogP contribution in [0.1, 0.15) is 21.7 Å². The number of aromatic carboxylic acids is 1. The summed E-state index contributed by atoms with van der Waals surface area (Å²) in [5.74, 6) is 0.245. The number of nitrogens with one attached hydrogen (secondary N) is 1. The van der Waals surface area contributed by atoms with Crippen molar-refractivity contribution in [2.24, 2.45) is 0 Å². The van der Waals surface area contributed by atoms with E-state index >= 15 is 0 Å². The Kier molecular flexibility index (Phi) is 7.45. The zero-order valence-corrected chi connectivity index (χ0v) is 17.8. The van der Waals surface area contributed by atoms with Crippen LogP contribution in [0.25, 0.3) is 0 Å². The average molecular weight is 439 g/mol. The summed E-state index contributed by atoms with van der Waals surface area (Å²) < 4.78 is 7.67. The van der Waals surface area contributed by atoms with Crippen LogP contribution in [0.2, 0.25) is 0 Å². The summed E-state index contributed by atoms with van der Waals surface area (Å²) in [6.07, 6.45) is 1.73. The molecule has 1 heterocycles. The van der Waals surface area contributed by atoms with Gasteiger partial charge in [0.1, 0.15) is 12.4 Å². The molecule has 0 spiro atoms. The first-order valence-electron chi connectivity index (χ1n) is 9.44. The van der Waals surface area contributed by atoms with Crippen molar-refractivity contribution >= 4 is 29.3 Å². The van der Waals surface area contributed by atoms with Gasteiger partial charge in [0, 0.05) is 12.2 Å². The zero-order valence-electron chi connectivity index (χ0n) is 16.9. The molecular weight excluding hydrogens is 416 g/mol. The van der Waals surface area contributed by atoms with Crippen LogP contribution in [0.5, 0.6) is 5.75 Å². The van der Waals surface area contributed by atoms with Gasteiger partial charge in [0.15, 0.2) is 11.0 Å². The number of benzene rings is 2. The fourth-order valence-electron chi connectivity index (χ4n) is 2.72. The highest BCUT2D eigenvalue weighted by atomic mass is 32.2. The van der Waals surface area contributed by atoms with Gasteiger partial charge >= 0.3 is 5.97 Å². The fraction of sp³-hybridized carbons (Fsp3) is 0.182. The van der Waals surface area contributed by atoms with Crippen molar-refractivity contribution in [2.45, 2.75) is 25.2 Å². The van der Waals surface area contributed by atoms with Crippen molar-refractivity contribution in [3.63, 3.8) is 0 Å². The Labute approximate surface area is 184 Å². The van der Waals surface area contributed by atoms with E-state index in [2.05, 4.69) is 22.1 Å². The topological polar surface area (TPSA) is 106 Å². The molecule has 2 N–H and O–H groups in total. The smallest absolute Gasteiger partial charge is 0.335 e. The number of thioether (sulfide) groups is 1. The van der Waals surface area contributed by atoms with Crippen molar-refractivity contribution in [2.75, 3.05) is 11.1 Å². The maximum Gasteiger partial charge on any atom is 0.335 e. The van der Waals surface area contributed by atoms with Gasteiger partial charge in [0.2, 0.25) is 5.91 Å². The first kappa shape index (κ1) is 22.1. The molecule has 0 aliphatic carbocycles. The molecule has 0 atom stereocenters. The monoisotopic (exact) mass is 438 g/mol. The molecular formula is C22H22N4O4S. The zero-order chi connectivity index (χ0) is 22.2. The van der Waals surface area contributed by atoms with E-state index in [1.807, 2.05) is 35.8 Å². The molecule has 0 aliphatic heterocycles. The van der Waals surface area contributed by atoms with Gasteiger partial charge in [0.05, 0.1) is 11.3 Å². The van der Waals surface area contributed by atoms with E-state index < -0.39 is 5.97 Å². The van der Waals surface area contributed by atoms with E-state index in [0.29, 0.717) is 23.2 Å². The van der Waals surface area contributed by atoms with Crippen molar-refractivity contribution in [1.29, 1.82) is 0 Å². The molecule has 3 aromatic rings. The van der Waals surface area contributed by atoms with Crippen LogP contribution in [0, 0.1) is 6.92 Å². The highest BCUT2D eigenvalue weighted by Crippen LogP contribution is 2.20. The molecule has 0 saturated carbocycles. The normalized spacial score (nSPS) is 10.5. The number of hydrogen-bond donors (Lipinski definition) is 2. The maximum atomic E-state index is 12.3. The first-order valence-corrected chi connectivity index (χ1v) is 10.4. The fourth-order valence-corrected chi connectivity index (χ4v) is 3.49. The quantitative estimate of drug-likeness (QED) is 0.366. The van der Waals surface area contributed by atoms with E-state index in [0.717, 1.165) is 11.3 Å². The number of anilines is 1. The third-order valence-electron chi connectivity index (χ3n) is 4.21. The van der Waals surface area contributed by atoms with Gasteiger partial charge in [-0.1, -0.05) is 30.0 Å². The summed E-state index contributed by atoms with van der Waals surface area (Å²) in [6.45, 7) is 6.49. The molecule has 0 aliphatic rings. The molecule has 0 fully saturated rings. The van der Waals surface area contributed by atoms with Gasteiger partial charge in [-0.15, -0.1) is 16.8 Å². The number of ether oxygens (including phenoxy) is 1. The predicted octanol–water partition coefficient (Wildman–Crippen LogP) is 3.78. The second kappa shape index (κ2) is 10.4. The second-order valence-corrected chi connectivity index (χ2v) is 7.57. The minimum Gasteiger partial charge on any atom is -0.486 e. The SMILES string of the molecule is C=CCn1c(COc2cccc(C)c2)nnc1SCC(=O)Nc1ccc(C(=O)O)cc1. The molecule has 0 saturated heterocycles. The minimum absolute atomic E-state index is 0.120. The Morgan fingerprint density at radius 3 is 2.68 bits per heavy atom. The lowest BCUT2D eigenvalue weighted by molar-refractivity contribution is -0.113. The Hall–Kier alpha value is -3.59. The van der Waals surface area contributed by atoms with E-state index in [9.17, 15) is 9.59 Å². The van der Waals surface area contributed by atoms with Gasteiger partial charge in [0.25, 0.3) is 0 Å². The van der Waals surface area contributed by atoms with Crippen molar-refractivity contribution < 1.29 is 19.4 Å². The number of rotatable bonds is 10. The number of nitrogens with zero attached hydrogens (tertiary/aromatic N) is 3. The van der Waals surface area contributed by atoms with Gasteiger partial charge < -0.3 is 15.2 Å². The lowest BCUT2D eigenvalue weighted by atomic mass is 10.2. The standard InChI is InChI=1S/C22H22N4O4S/c1-3-11-26-19(13-30-18-6-4-5-15(2)12-18)24-25-22(26)31-14-20(27)23-17-9-7-16(8-10-17)21(28)29/h3-10,12H,1,11,13-14H2,2H3,(H,23,27)(H,28,29). The summed E-state index contributed by atoms with van der Waals surface area (Å²) in [4.78, 5) is 23.2. The molecule has 0 unspecified atom stereocenters. The molecule has 0 radical (unpaired) electrons. The Morgan fingerprint density at radius 2 is 2.00 bits per heavy atom. The molecule has 1 amide bonds. The average Bonchev–Trinajstić information content (AvgIpc) is 3.13. The summed E-state index contributed by atoms with van der Waals surface area (Å²) in [7, 11) is 0. The summed E-state index contributed by atoms with van der Waals surface area (Å²) in [6, 6.07) is 13.7. The molecule has 31 heavy (non-hydrogen) atoms. The van der Waals surface area contributed by atoms with Gasteiger partial charge in [-0.3, -0.25) is 9.36 Å². The third kappa shape index (κ3) is 6.19. The largest absolute Gasteiger partial charge is 0.486 e. The number of aryl methyl sites for hydroxylation is 1. The number of carboxylic acids is 1. The van der Waals surface area contributed by atoms with Crippen LogP contribution in [0.4, 0.5) is 5.69 Å². The van der Waals surface area contributed by atoms with E-state index in [4.69, 9.17) is 9.84 Å². The molecule has 160 valence electrons. The summed E-state index contributed by atoms with van der Waals surface area (Å²) in [5.41, 5.74) is 1.78. The van der Waals surface area contributed by atoms with E-state index in [-0.39, 0.29) is 23.8 Å². The Morgan fingerprint density at radius 1 is 1.23 bits per heavy atom. The highest BCUT2D eigenvalue weighted by Gasteiger charge is 2.14. The lowest BCUT2D eigenvalue weighted by Gasteiger charge is -2.10.